The fourth-order valence-corrected chi connectivity index (χ4v) is 2.79. The Hall–Kier alpha value is -2.64. The van der Waals surface area contributed by atoms with Gasteiger partial charge in [0.05, 0.1) is 19.1 Å². The molecule has 1 aliphatic rings. The van der Waals surface area contributed by atoms with Crippen molar-refractivity contribution >= 4 is 17.8 Å². The zero-order chi connectivity index (χ0) is 18.4. The summed E-state index contributed by atoms with van der Waals surface area (Å²) in [7, 11) is 1.53. The number of piperidine rings is 1. The van der Waals surface area contributed by atoms with Crippen LogP contribution in [0.25, 0.3) is 0 Å². The molecule has 8 heteroatoms. The van der Waals surface area contributed by atoms with Gasteiger partial charge in [-0.2, -0.15) is 0 Å². The van der Waals surface area contributed by atoms with Crippen LogP contribution in [0.15, 0.2) is 18.3 Å². The molecule has 0 saturated carbocycles. The summed E-state index contributed by atoms with van der Waals surface area (Å²) in [6, 6.07) is 3.23. The van der Waals surface area contributed by atoms with Gasteiger partial charge in [-0.1, -0.05) is 0 Å². The van der Waals surface area contributed by atoms with Crippen LogP contribution in [0.2, 0.25) is 0 Å². The minimum Gasteiger partial charge on any atom is -0.481 e. The summed E-state index contributed by atoms with van der Waals surface area (Å²) >= 11 is 0. The summed E-state index contributed by atoms with van der Waals surface area (Å²) in [5, 5.41) is 9.11. The smallest absolute Gasteiger partial charge is 0.308 e. The van der Waals surface area contributed by atoms with Crippen LogP contribution in [0.3, 0.4) is 0 Å². The highest BCUT2D eigenvalue weighted by molar-refractivity contribution is 5.98. The lowest BCUT2D eigenvalue weighted by Gasteiger charge is -2.32. The average molecular weight is 349 g/mol. The Morgan fingerprint density at radius 2 is 2.20 bits per heavy atom. The SMILES string of the molecule is CCOc1ncccc1C(=O)N(C)CC(=O)N1CCCC(C(=O)O)C1. The summed E-state index contributed by atoms with van der Waals surface area (Å²) in [4.78, 5) is 43.0. The number of aliphatic carboxylic acids is 1. The maximum atomic E-state index is 12.6. The molecule has 0 aliphatic carbocycles. The molecular weight excluding hydrogens is 326 g/mol. The van der Waals surface area contributed by atoms with Crippen molar-refractivity contribution in [3.63, 3.8) is 0 Å². The van der Waals surface area contributed by atoms with Crippen LogP contribution in [0.4, 0.5) is 0 Å². The van der Waals surface area contributed by atoms with Crippen LogP contribution in [-0.4, -0.2) is 71.0 Å². The highest BCUT2D eigenvalue weighted by atomic mass is 16.5. The quantitative estimate of drug-likeness (QED) is 0.818. The molecule has 1 aliphatic heterocycles. The van der Waals surface area contributed by atoms with Gasteiger partial charge in [-0.25, -0.2) is 4.98 Å². The van der Waals surface area contributed by atoms with E-state index in [1.54, 1.807) is 19.1 Å². The number of likely N-dealkylation sites (tertiary alicyclic amines) is 1. The van der Waals surface area contributed by atoms with E-state index in [1.165, 1.54) is 23.0 Å². The fraction of sp³-hybridized carbons (Fsp3) is 0.529. The number of carboxylic acids is 1. The first-order valence-corrected chi connectivity index (χ1v) is 8.27. The van der Waals surface area contributed by atoms with Crippen molar-refractivity contribution in [2.45, 2.75) is 19.8 Å². The maximum Gasteiger partial charge on any atom is 0.308 e. The molecule has 136 valence electrons. The van der Waals surface area contributed by atoms with Crippen LogP contribution < -0.4 is 4.74 Å². The molecule has 1 unspecified atom stereocenters. The standard InChI is InChI=1S/C17H23N3O5/c1-3-25-15-13(7-4-8-18-15)16(22)19(2)11-14(21)20-9-5-6-12(10-20)17(23)24/h4,7-8,12H,3,5-6,9-11H2,1-2H3,(H,23,24). The van der Waals surface area contributed by atoms with Gasteiger partial charge in [0.25, 0.3) is 5.91 Å². The van der Waals surface area contributed by atoms with Gasteiger partial charge in [0.1, 0.15) is 5.56 Å². The molecule has 25 heavy (non-hydrogen) atoms. The van der Waals surface area contributed by atoms with Crippen molar-refractivity contribution in [2.75, 3.05) is 33.3 Å². The van der Waals surface area contributed by atoms with Crippen molar-refractivity contribution in [2.24, 2.45) is 5.92 Å². The Labute approximate surface area is 146 Å². The van der Waals surface area contributed by atoms with E-state index >= 15 is 0 Å². The van der Waals surface area contributed by atoms with E-state index in [0.717, 1.165) is 0 Å². The van der Waals surface area contributed by atoms with Crippen molar-refractivity contribution in [1.29, 1.82) is 0 Å². The van der Waals surface area contributed by atoms with Crippen LogP contribution in [-0.2, 0) is 9.59 Å². The molecule has 2 rings (SSSR count). The molecule has 1 N–H and O–H groups in total. The van der Waals surface area contributed by atoms with Crippen molar-refractivity contribution in [3.05, 3.63) is 23.9 Å². The Bertz CT molecular complexity index is 649. The molecule has 0 aromatic carbocycles. The third-order valence-corrected chi connectivity index (χ3v) is 4.13. The Kier molecular flexibility index (Phi) is 6.32. The monoisotopic (exact) mass is 349 g/mol. The summed E-state index contributed by atoms with van der Waals surface area (Å²) in [6.45, 7) is 2.76. The van der Waals surface area contributed by atoms with Crippen LogP contribution in [0, 0.1) is 5.92 Å². The summed E-state index contributed by atoms with van der Waals surface area (Å²) in [6.07, 6.45) is 2.76. The van der Waals surface area contributed by atoms with Gasteiger partial charge in [0, 0.05) is 26.3 Å². The van der Waals surface area contributed by atoms with E-state index in [2.05, 4.69) is 4.98 Å². The second-order valence-corrected chi connectivity index (χ2v) is 5.97. The van der Waals surface area contributed by atoms with Gasteiger partial charge in [0.2, 0.25) is 11.8 Å². The first-order chi connectivity index (χ1) is 11.9. The molecule has 1 atom stereocenters. The predicted octanol–water partition coefficient (Wildman–Crippen LogP) is 0.875. The van der Waals surface area contributed by atoms with Crippen LogP contribution >= 0.6 is 0 Å². The summed E-state index contributed by atoms with van der Waals surface area (Å²) in [5.74, 6) is -1.82. The highest BCUT2D eigenvalue weighted by Gasteiger charge is 2.29. The number of hydrogen-bond donors (Lipinski definition) is 1. The second kappa shape index (κ2) is 8.46. The van der Waals surface area contributed by atoms with E-state index in [-0.39, 0.29) is 30.8 Å². The minimum atomic E-state index is -0.890. The van der Waals surface area contributed by atoms with Crippen molar-refractivity contribution in [3.8, 4) is 5.88 Å². The third-order valence-electron chi connectivity index (χ3n) is 4.13. The number of ether oxygens (including phenoxy) is 1. The van der Waals surface area contributed by atoms with Gasteiger partial charge in [-0.05, 0) is 31.9 Å². The first kappa shape index (κ1) is 18.7. The number of nitrogens with zero attached hydrogens (tertiary/aromatic N) is 3. The molecule has 2 amide bonds. The van der Waals surface area contributed by atoms with Gasteiger partial charge < -0.3 is 19.6 Å². The Morgan fingerprint density at radius 3 is 2.88 bits per heavy atom. The number of aromatic nitrogens is 1. The zero-order valence-electron chi connectivity index (χ0n) is 14.5. The number of rotatable bonds is 6. The Morgan fingerprint density at radius 1 is 1.44 bits per heavy atom. The van der Waals surface area contributed by atoms with Crippen LogP contribution in [0.1, 0.15) is 30.1 Å². The summed E-state index contributed by atoms with van der Waals surface area (Å²) in [5.41, 5.74) is 0.293. The number of hydrogen-bond acceptors (Lipinski definition) is 5. The number of amides is 2. The Balaban J connectivity index is 2.01. The normalized spacial score (nSPS) is 17.0. The molecule has 0 bridgehead atoms. The van der Waals surface area contributed by atoms with Gasteiger partial charge in [-0.3, -0.25) is 14.4 Å². The average Bonchev–Trinajstić information content (AvgIpc) is 2.61. The topological polar surface area (TPSA) is 100 Å². The number of carbonyl (C=O) groups excluding carboxylic acids is 2. The first-order valence-electron chi connectivity index (χ1n) is 8.27. The van der Waals surface area contributed by atoms with E-state index in [4.69, 9.17) is 9.84 Å². The number of likely N-dealkylation sites (N-methyl/N-ethyl adjacent to an activating group) is 1. The molecule has 1 fully saturated rings. The third kappa shape index (κ3) is 4.68. The summed E-state index contributed by atoms with van der Waals surface area (Å²) < 4.78 is 5.35. The molecule has 0 spiro atoms. The molecule has 0 radical (unpaired) electrons. The molecule has 1 aromatic heterocycles. The highest BCUT2D eigenvalue weighted by Crippen LogP contribution is 2.18. The molecule has 1 saturated heterocycles. The largest absolute Gasteiger partial charge is 0.481 e. The van der Waals surface area contributed by atoms with E-state index < -0.39 is 11.9 Å². The lowest BCUT2D eigenvalue weighted by Crippen LogP contribution is -2.47. The van der Waals surface area contributed by atoms with Crippen LogP contribution in [0.5, 0.6) is 5.88 Å². The van der Waals surface area contributed by atoms with E-state index in [1.807, 2.05) is 0 Å². The number of carboxylic acid groups (broad SMARTS) is 1. The molecule has 8 nitrogen and oxygen atoms in total. The predicted molar refractivity (Wildman–Crippen MR) is 89.3 cm³/mol. The van der Waals surface area contributed by atoms with Gasteiger partial charge in [0.15, 0.2) is 0 Å². The lowest BCUT2D eigenvalue weighted by molar-refractivity contribution is -0.145. The number of carbonyl (C=O) groups is 3. The van der Waals surface area contributed by atoms with Crippen molar-refractivity contribution in [1.82, 2.24) is 14.8 Å². The minimum absolute atomic E-state index is 0.119. The lowest BCUT2D eigenvalue weighted by atomic mass is 9.98. The molecule has 2 heterocycles. The number of pyridine rings is 1. The molecular formula is C17H23N3O5. The van der Waals surface area contributed by atoms with E-state index in [0.29, 0.717) is 31.6 Å². The fourth-order valence-electron chi connectivity index (χ4n) is 2.79. The van der Waals surface area contributed by atoms with Crippen molar-refractivity contribution < 1.29 is 24.2 Å². The second-order valence-electron chi connectivity index (χ2n) is 5.97. The van der Waals surface area contributed by atoms with E-state index in [9.17, 15) is 14.4 Å². The maximum absolute atomic E-state index is 12.6. The van der Waals surface area contributed by atoms with Gasteiger partial charge >= 0.3 is 5.97 Å². The molecule has 1 aromatic rings. The zero-order valence-corrected chi connectivity index (χ0v) is 14.5. The van der Waals surface area contributed by atoms with Gasteiger partial charge in [-0.15, -0.1) is 0 Å².